The van der Waals surface area contributed by atoms with Crippen LogP contribution in [0.5, 0.6) is 5.88 Å². The van der Waals surface area contributed by atoms with Gasteiger partial charge in [-0.25, -0.2) is 0 Å². The monoisotopic (exact) mass is 284 g/mol. The normalized spacial score (nSPS) is 10.8. The third-order valence-electron chi connectivity index (χ3n) is 2.66. The van der Waals surface area contributed by atoms with E-state index < -0.39 is 0 Å². The average Bonchev–Trinajstić information content (AvgIpc) is 2.65. The molecular formula is C13H14Cl2N2O. The van der Waals surface area contributed by atoms with E-state index in [-0.39, 0.29) is 5.88 Å². The van der Waals surface area contributed by atoms with Crippen molar-refractivity contribution >= 4 is 23.2 Å². The van der Waals surface area contributed by atoms with Gasteiger partial charge < -0.3 is 10.1 Å². The molecule has 1 aromatic heterocycles. The van der Waals surface area contributed by atoms with Crippen LogP contribution in [0.3, 0.4) is 0 Å². The lowest BCUT2D eigenvalue weighted by molar-refractivity contribution is 0.448. The van der Waals surface area contributed by atoms with E-state index in [2.05, 4.69) is 16.9 Å². The van der Waals surface area contributed by atoms with Gasteiger partial charge in [0.05, 0.1) is 15.7 Å². The number of aromatic amines is 1. The molecule has 0 bridgehead atoms. The van der Waals surface area contributed by atoms with Crippen LogP contribution in [-0.4, -0.2) is 15.1 Å². The maximum atomic E-state index is 9.65. The van der Waals surface area contributed by atoms with Gasteiger partial charge in [0.15, 0.2) is 0 Å². The highest BCUT2D eigenvalue weighted by Crippen LogP contribution is 2.24. The third kappa shape index (κ3) is 2.98. The van der Waals surface area contributed by atoms with Crippen LogP contribution in [0.1, 0.15) is 30.4 Å². The Kier molecular flexibility index (Phi) is 4.15. The number of hydrogen-bond donors (Lipinski definition) is 2. The zero-order valence-electron chi connectivity index (χ0n) is 10.0. The van der Waals surface area contributed by atoms with Crippen LogP contribution >= 0.6 is 23.2 Å². The Hall–Kier alpha value is -1.19. The molecule has 2 rings (SSSR count). The molecule has 0 spiro atoms. The van der Waals surface area contributed by atoms with Gasteiger partial charge in [-0.15, -0.1) is 0 Å². The molecule has 0 aliphatic rings. The molecule has 0 aliphatic heterocycles. The number of imidazole rings is 1. The van der Waals surface area contributed by atoms with Crippen molar-refractivity contribution in [2.75, 3.05) is 0 Å². The quantitative estimate of drug-likeness (QED) is 0.893. The molecule has 1 aromatic carbocycles. The number of aromatic nitrogens is 2. The van der Waals surface area contributed by atoms with Crippen LogP contribution in [0.4, 0.5) is 0 Å². The highest BCUT2D eigenvalue weighted by Gasteiger charge is 2.09. The number of aryl methyl sites for hydroxylation is 1. The van der Waals surface area contributed by atoms with Gasteiger partial charge in [-0.05, 0) is 24.1 Å². The number of H-pyrrole nitrogens is 1. The van der Waals surface area contributed by atoms with Gasteiger partial charge in [0.1, 0.15) is 5.82 Å². The molecule has 0 amide bonds. The minimum Gasteiger partial charge on any atom is -0.492 e. The molecule has 0 radical (unpaired) electrons. The Balaban J connectivity index is 2.18. The summed E-state index contributed by atoms with van der Waals surface area (Å²) in [5.74, 6) is 0.821. The molecule has 0 fully saturated rings. The van der Waals surface area contributed by atoms with Crippen molar-refractivity contribution in [1.29, 1.82) is 0 Å². The Morgan fingerprint density at radius 1 is 1.28 bits per heavy atom. The van der Waals surface area contributed by atoms with Gasteiger partial charge in [-0.2, -0.15) is 4.98 Å². The van der Waals surface area contributed by atoms with E-state index in [9.17, 15) is 5.11 Å². The average molecular weight is 285 g/mol. The van der Waals surface area contributed by atoms with E-state index in [0.717, 1.165) is 29.9 Å². The summed E-state index contributed by atoms with van der Waals surface area (Å²) in [5.41, 5.74) is 1.79. The first-order valence-corrected chi connectivity index (χ1v) is 6.56. The number of nitrogens with one attached hydrogen (secondary N) is 1. The van der Waals surface area contributed by atoms with Gasteiger partial charge >= 0.3 is 0 Å². The second-order valence-electron chi connectivity index (χ2n) is 4.16. The van der Waals surface area contributed by atoms with Gasteiger partial charge in [0, 0.05) is 6.42 Å². The fourth-order valence-corrected chi connectivity index (χ4v) is 2.12. The maximum Gasteiger partial charge on any atom is 0.232 e. The van der Waals surface area contributed by atoms with E-state index in [4.69, 9.17) is 23.2 Å². The summed E-state index contributed by atoms with van der Waals surface area (Å²) < 4.78 is 0. The Morgan fingerprint density at radius 3 is 2.72 bits per heavy atom. The van der Waals surface area contributed by atoms with Crippen LogP contribution in [-0.2, 0) is 12.8 Å². The molecule has 18 heavy (non-hydrogen) atoms. The lowest BCUT2D eigenvalue weighted by Crippen LogP contribution is -1.91. The second kappa shape index (κ2) is 5.63. The number of hydrogen-bond acceptors (Lipinski definition) is 2. The van der Waals surface area contributed by atoms with Crippen LogP contribution in [0.2, 0.25) is 10.0 Å². The standard InChI is InChI=1S/C13H14Cl2N2O/c1-2-3-11-13(18)17-12(16-11)7-8-4-5-9(14)10(15)6-8/h4-6,18H,2-3,7H2,1H3,(H,16,17). The summed E-state index contributed by atoms with van der Waals surface area (Å²) in [6.07, 6.45) is 2.34. The van der Waals surface area contributed by atoms with Crippen molar-refractivity contribution in [3.05, 3.63) is 45.3 Å². The molecule has 3 nitrogen and oxygen atoms in total. The Bertz CT molecular complexity index is 552. The molecule has 0 unspecified atom stereocenters. The molecular weight excluding hydrogens is 271 g/mol. The number of aromatic hydroxyl groups is 1. The summed E-state index contributed by atoms with van der Waals surface area (Å²) in [6.45, 7) is 2.05. The van der Waals surface area contributed by atoms with Crippen molar-refractivity contribution in [2.24, 2.45) is 0 Å². The highest BCUT2D eigenvalue weighted by molar-refractivity contribution is 6.42. The molecule has 5 heteroatoms. The third-order valence-corrected chi connectivity index (χ3v) is 3.40. The first kappa shape index (κ1) is 13.2. The van der Waals surface area contributed by atoms with Crippen molar-refractivity contribution in [3.8, 4) is 5.88 Å². The minimum atomic E-state index is 0.0897. The molecule has 0 saturated heterocycles. The molecule has 1 heterocycles. The molecule has 0 saturated carbocycles. The summed E-state index contributed by atoms with van der Waals surface area (Å²) in [5, 5.41) is 10.7. The van der Waals surface area contributed by atoms with Gasteiger partial charge in [-0.3, -0.25) is 0 Å². The predicted molar refractivity (Wildman–Crippen MR) is 73.5 cm³/mol. The molecule has 0 atom stereocenters. The molecule has 2 aromatic rings. The van der Waals surface area contributed by atoms with Crippen LogP contribution in [0.25, 0.3) is 0 Å². The number of benzene rings is 1. The molecule has 96 valence electrons. The van der Waals surface area contributed by atoms with E-state index in [1.165, 1.54) is 0 Å². The lowest BCUT2D eigenvalue weighted by atomic mass is 10.1. The van der Waals surface area contributed by atoms with Gasteiger partial charge in [-0.1, -0.05) is 42.6 Å². The van der Waals surface area contributed by atoms with Crippen LogP contribution in [0.15, 0.2) is 18.2 Å². The van der Waals surface area contributed by atoms with Crippen molar-refractivity contribution < 1.29 is 5.11 Å². The fourth-order valence-electron chi connectivity index (χ4n) is 1.80. The van der Waals surface area contributed by atoms with Gasteiger partial charge in [0.25, 0.3) is 0 Å². The fraction of sp³-hybridized carbons (Fsp3) is 0.308. The van der Waals surface area contributed by atoms with Crippen molar-refractivity contribution in [3.63, 3.8) is 0 Å². The lowest BCUT2D eigenvalue weighted by Gasteiger charge is -2.00. The zero-order valence-corrected chi connectivity index (χ0v) is 11.5. The Labute approximate surface area is 116 Å². The van der Waals surface area contributed by atoms with E-state index in [1.54, 1.807) is 6.07 Å². The van der Waals surface area contributed by atoms with E-state index in [1.807, 2.05) is 12.1 Å². The van der Waals surface area contributed by atoms with Crippen LogP contribution in [0, 0.1) is 0 Å². The highest BCUT2D eigenvalue weighted by atomic mass is 35.5. The minimum absolute atomic E-state index is 0.0897. The summed E-state index contributed by atoms with van der Waals surface area (Å²) in [4.78, 5) is 7.23. The van der Waals surface area contributed by atoms with Crippen LogP contribution < -0.4 is 0 Å². The Morgan fingerprint density at radius 2 is 2.06 bits per heavy atom. The summed E-state index contributed by atoms with van der Waals surface area (Å²) in [6, 6.07) is 5.46. The zero-order chi connectivity index (χ0) is 13.1. The number of nitrogens with zero attached hydrogens (tertiary/aromatic N) is 1. The maximum absolute atomic E-state index is 9.65. The molecule has 2 N–H and O–H groups in total. The first-order chi connectivity index (χ1) is 8.60. The van der Waals surface area contributed by atoms with E-state index in [0.29, 0.717) is 16.5 Å². The molecule has 0 aliphatic carbocycles. The van der Waals surface area contributed by atoms with Crippen molar-refractivity contribution in [1.82, 2.24) is 9.97 Å². The first-order valence-electron chi connectivity index (χ1n) is 5.80. The smallest absolute Gasteiger partial charge is 0.232 e. The second-order valence-corrected chi connectivity index (χ2v) is 4.98. The number of rotatable bonds is 4. The SMILES string of the molecule is CCCc1[nH]c(Cc2ccc(Cl)c(Cl)c2)nc1O. The number of halogens is 2. The summed E-state index contributed by atoms with van der Waals surface area (Å²) >= 11 is 11.8. The topological polar surface area (TPSA) is 48.9 Å². The predicted octanol–water partition coefficient (Wildman–Crippen LogP) is 3.97. The van der Waals surface area contributed by atoms with Gasteiger partial charge in [0.2, 0.25) is 5.88 Å². The summed E-state index contributed by atoms with van der Waals surface area (Å²) in [7, 11) is 0. The largest absolute Gasteiger partial charge is 0.492 e. The van der Waals surface area contributed by atoms with E-state index >= 15 is 0 Å². The van der Waals surface area contributed by atoms with Crippen molar-refractivity contribution in [2.45, 2.75) is 26.2 Å².